The van der Waals surface area contributed by atoms with Crippen LogP contribution in [-0.4, -0.2) is 47.8 Å². The van der Waals surface area contributed by atoms with Crippen LogP contribution in [0.3, 0.4) is 0 Å². The molecule has 5 N–H and O–H groups in total. The fourth-order valence-corrected chi connectivity index (χ4v) is 6.24. The average molecular weight is 661 g/mol. The van der Waals surface area contributed by atoms with Crippen molar-refractivity contribution < 1.29 is 28.4 Å². The fourth-order valence-electron chi connectivity index (χ4n) is 5.48. The molecule has 0 aromatic rings. The monoisotopic (exact) mass is 661 g/mol. The van der Waals surface area contributed by atoms with Crippen LogP contribution in [0.5, 0.6) is 0 Å². The topological polar surface area (TPSA) is 131 Å². The van der Waals surface area contributed by atoms with Crippen LogP contribution >= 0.6 is 7.82 Å². The maximum Gasteiger partial charge on any atom is 0.472 e. The van der Waals surface area contributed by atoms with E-state index in [1.165, 1.54) is 116 Å². The third-order valence-corrected chi connectivity index (χ3v) is 9.35. The van der Waals surface area contributed by atoms with E-state index in [0.29, 0.717) is 12.8 Å². The molecule has 9 heteroatoms. The molecule has 8 nitrogen and oxygen atoms in total. The van der Waals surface area contributed by atoms with Gasteiger partial charge >= 0.3 is 7.82 Å². The van der Waals surface area contributed by atoms with Crippen LogP contribution in [0.1, 0.15) is 181 Å². The molecule has 0 radical (unpaired) electrons. The number of hydrogen-bond donors (Lipinski definition) is 4. The summed E-state index contributed by atoms with van der Waals surface area (Å²) in [4.78, 5) is 22.6. The molecule has 0 aliphatic carbocycles. The number of amides is 1. The summed E-state index contributed by atoms with van der Waals surface area (Å²) in [5.41, 5.74) is 5.35. The molecule has 0 fully saturated rings. The predicted octanol–water partition coefficient (Wildman–Crippen LogP) is 9.66. The van der Waals surface area contributed by atoms with Crippen LogP contribution in [-0.2, 0) is 18.4 Å². The average Bonchev–Trinajstić information content (AvgIpc) is 3.02. The van der Waals surface area contributed by atoms with Gasteiger partial charge in [-0.1, -0.05) is 148 Å². The summed E-state index contributed by atoms with van der Waals surface area (Å²) in [6.45, 7) is 4.17. The van der Waals surface area contributed by atoms with Gasteiger partial charge in [-0.2, -0.15) is 0 Å². The second-order valence-corrected chi connectivity index (χ2v) is 14.2. The lowest BCUT2D eigenvalue weighted by Gasteiger charge is -2.25. The van der Waals surface area contributed by atoms with Crippen molar-refractivity contribution in [2.75, 3.05) is 19.8 Å². The quantitative estimate of drug-likeness (QED) is 0.0302. The van der Waals surface area contributed by atoms with E-state index in [-0.39, 0.29) is 25.7 Å². The Labute approximate surface area is 277 Å². The highest BCUT2D eigenvalue weighted by Gasteiger charge is 2.27. The molecule has 0 aliphatic rings. The lowest BCUT2D eigenvalue weighted by atomic mass is 10.0. The highest BCUT2D eigenvalue weighted by molar-refractivity contribution is 7.47. The van der Waals surface area contributed by atoms with Crippen LogP contribution in [0.4, 0.5) is 0 Å². The standard InChI is InChI=1S/C36H73N2O6P/c1-3-5-7-9-11-13-14-15-16-17-18-19-20-22-24-26-28-30-36(40)38-34(33-44-45(41,42)43-32-31-37)35(39)29-27-25-23-21-12-10-8-6-4-2/h15-16,34-35,39H,3-14,17-33,37H2,1-2H3,(H,38,40)(H,41,42)/b16-15-. The Hall–Kier alpha value is -0.760. The second-order valence-electron chi connectivity index (χ2n) is 12.8. The summed E-state index contributed by atoms with van der Waals surface area (Å²) >= 11 is 0. The summed E-state index contributed by atoms with van der Waals surface area (Å²) < 4.78 is 22.0. The number of nitrogens with two attached hydrogens (primary N) is 1. The Morgan fingerprint density at radius 2 is 1.16 bits per heavy atom. The molecule has 3 atom stereocenters. The first-order valence-corrected chi connectivity index (χ1v) is 20.3. The Morgan fingerprint density at radius 1 is 0.711 bits per heavy atom. The first-order chi connectivity index (χ1) is 21.9. The number of rotatable bonds is 35. The molecule has 0 aromatic heterocycles. The number of hydrogen-bond acceptors (Lipinski definition) is 6. The van der Waals surface area contributed by atoms with Crippen molar-refractivity contribution in [1.82, 2.24) is 5.32 Å². The Bertz CT molecular complexity index is 724. The Kier molecular flexibility index (Phi) is 32.6. The number of carbonyl (C=O) groups is 1. The Balaban J connectivity index is 4.18. The smallest absolute Gasteiger partial charge is 0.391 e. The van der Waals surface area contributed by atoms with E-state index in [0.717, 1.165) is 38.5 Å². The van der Waals surface area contributed by atoms with E-state index in [9.17, 15) is 19.4 Å². The normalized spacial score (nSPS) is 14.5. The SMILES string of the molecule is CCCCCCCC/C=C\CCCCCCCCCC(=O)NC(COP(=O)(O)OCCN)C(O)CCCCCCCCCCC. The number of aliphatic hydroxyl groups excluding tert-OH is 1. The van der Waals surface area contributed by atoms with Crippen LogP contribution in [0.25, 0.3) is 0 Å². The van der Waals surface area contributed by atoms with Crippen molar-refractivity contribution in [2.24, 2.45) is 5.73 Å². The number of allylic oxidation sites excluding steroid dienone is 2. The zero-order valence-corrected chi connectivity index (χ0v) is 30.3. The molecule has 45 heavy (non-hydrogen) atoms. The van der Waals surface area contributed by atoms with Gasteiger partial charge in [0.05, 0.1) is 25.4 Å². The molecule has 0 aromatic carbocycles. The first-order valence-electron chi connectivity index (χ1n) is 18.8. The largest absolute Gasteiger partial charge is 0.472 e. The minimum Gasteiger partial charge on any atom is -0.391 e. The molecule has 0 heterocycles. The lowest BCUT2D eigenvalue weighted by molar-refractivity contribution is -0.123. The van der Waals surface area contributed by atoms with E-state index in [2.05, 4.69) is 31.3 Å². The van der Waals surface area contributed by atoms with Crippen molar-refractivity contribution >= 4 is 13.7 Å². The van der Waals surface area contributed by atoms with Gasteiger partial charge < -0.3 is 21.1 Å². The Morgan fingerprint density at radius 3 is 1.64 bits per heavy atom. The van der Waals surface area contributed by atoms with E-state index in [4.69, 9.17) is 14.8 Å². The van der Waals surface area contributed by atoms with Crippen LogP contribution < -0.4 is 11.1 Å². The van der Waals surface area contributed by atoms with Gasteiger partial charge in [0.15, 0.2) is 0 Å². The lowest BCUT2D eigenvalue weighted by Crippen LogP contribution is -2.46. The van der Waals surface area contributed by atoms with Crippen LogP contribution in [0.2, 0.25) is 0 Å². The molecule has 0 saturated carbocycles. The zero-order chi connectivity index (χ0) is 33.3. The van der Waals surface area contributed by atoms with Crippen molar-refractivity contribution in [2.45, 2.75) is 193 Å². The highest BCUT2D eigenvalue weighted by Crippen LogP contribution is 2.43. The van der Waals surface area contributed by atoms with E-state index < -0.39 is 20.0 Å². The number of unbranched alkanes of at least 4 members (excludes halogenated alkanes) is 21. The number of nitrogens with one attached hydrogen (secondary N) is 1. The van der Waals surface area contributed by atoms with Gasteiger partial charge in [-0.25, -0.2) is 4.57 Å². The van der Waals surface area contributed by atoms with Gasteiger partial charge in [0, 0.05) is 13.0 Å². The van der Waals surface area contributed by atoms with Gasteiger partial charge in [0.1, 0.15) is 0 Å². The van der Waals surface area contributed by atoms with E-state index >= 15 is 0 Å². The molecular weight excluding hydrogens is 587 g/mol. The molecule has 0 spiro atoms. The minimum absolute atomic E-state index is 0.0893. The van der Waals surface area contributed by atoms with Gasteiger partial charge in [0.25, 0.3) is 0 Å². The maximum absolute atomic E-state index is 12.7. The van der Waals surface area contributed by atoms with Gasteiger partial charge in [-0.05, 0) is 38.5 Å². The zero-order valence-electron chi connectivity index (χ0n) is 29.4. The molecule has 1 amide bonds. The number of aliphatic hydroxyl groups is 1. The summed E-state index contributed by atoms with van der Waals surface area (Å²) in [5.74, 6) is -0.168. The molecule has 0 bridgehead atoms. The van der Waals surface area contributed by atoms with Gasteiger partial charge in [-0.3, -0.25) is 13.8 Å². The number of carbonyl (C=O) groups excluding carboxylic acids is 1. The van der Waals surface area contributed by atoms with E-state index in [1.807, 2.05) is 0 Å². The molecule has 0 rings (SSSR count). The van der Waals surface area contributed by atoms with E-state index in [1.54, 1.807) is 0 Å². The predicted molar refractivity (Wildman–Crippen MR) is 189 cm³/mol. The summed E-state index contributed by atoms with van der Waals surface area (Å²) in [7, 11) is -4.30. The third kappa shape index (κ3) is 31.6. The highest BCUT2D eigenvalue weighted by atomic mass is 31.2. The van der Waals surface area contributed by atoms with Gasteiger partial charge in [0.2, 0.25) is 5.91 Å². The first kappa shape index (κ1) is 44.2. The molecule has 0 aliphatic heterocycles. The summed E-state index contributed by atoms with van der Waals surface area (Å²) in [6, 6.07) is -0.770. The van der Waals surface area contributed by atoms with Crippen molar-refractivity contribution in [1.29, 1.82) is 0 Å². The molecule has 0 saturated heterocycles. The minimum atomic E-state index is -4.30. The van der Waals surface area contributed by atoms with Crippen molar-refractivity contribution in [3.05, 3.63) is 12.2 Å². The maximum atomic E-state index is 12.7. The van der Waals surface area contributed by atoms with Gasteiger partial charge in [-0.15, -0.1) is 0 Å². The van der Waals surface area contributed by atoms with Crippen molar-refractivity contribution in [3.8, 4) is 0 Å². The van der Waals surface area contributed by atoms with Crippen LogP contribution in [0, 0.1) is 0 Å². The second kappa shape index (κ2) is 33.2. The molecular formula is C36H73N2O6P. The molecule has 268 valence electrons. The summed E-state index contributed by atoms with van der Waals surface area (Å²) in [5, 5.41) is 13.7. The third-order valence-electron chi connectivity index (χ3n) is 8.37. The summed E-state index contributed by atoms with van der Waals surface area (Å²) in [6.07, 6.45) is 33.6. The molecule has 3 unspecified atom stereocenters. The van der Waals surface area contributed by atoms with Crippen molar-refractivity contribution in [3.63, 3.8) is 0 Å². The van der Waals surface area contributed by atoms with Crippen LogP contribution in [0.15, 0.2) is 12.2 Å². The fraction of sp³-hybridized carbons (Fsp3) is 0.917. The number of phosphoric ester groups is 1. The number of phosphoric acid groups is 1.